The predicted octanol–water partition coefficient (Wildman–Crippen LogP) is 6.05. The molecule has 12 nitrogen and oxygen atoms in total. The lowest BCUT2D eigenvalue weighted by Gasteiger charge is -2.42. The normalized spacial score (nSPS) is 18.3. The molecule has 5 rings (SSSR count). The minimum absolute atomic E-state index is 0.0173. The van der Waals surface area contributed by atoms with Crippen molar-refractivity contribution in [2.45, 2.75) is 65.6 Å². The van der Waals surface area contributed by atoms with Crippen molar-refractivity contribution in [2.24, 2.45) is 5.41 Å². The summed E-state index contributed by atoms with van der Waals surface area (Å²) in [6.45, 7) is 5.71. The standard InChI is InChI=1S/C39H42F2N3O9P/c1-24(2)52-38(48)25(3)43-54(49,53-29-14-10-7-11-15-29)23-39(4)32(50-5)21-44-20-30(37(47)42-19-27-16-17-28(40)18-31(27)41)34(45)35(33(44)36(39)46)51-22-26-12-8-6-9-13-26/h6-18,20,24-25,32H,19,21-23H2,1-5H3,(H,42,47)(H,43,49)/t25-,32?,39?,54?/m1/s1. The molecule has 1 aromatic heterocycles. The molecular weight excluding hydrogens is 723 g/mol. The molecule has 15 heteroatoms. The summed E-state index contributed by atoms with van der Waals surface area (Å²) in [6.07, 6.45) is -0.760. The van der Waals surface area contributed by atoms with E-state index in [1.54, 1.807) is 74.5 Å². The Morgan fingerprint density at radius 1 is 1.00 bits per heavy atom. The van der Waals surface area contributed by atoms with Gasteiger partial charge in [-0.3, -0.25) is 23.7 Å². The maximum Gasteiger partial charge on any atom is 0.323 e. The van der Waals surface area contributed by atoms with Gasteiger partial charge in [0.2, 0.25) is 5.43 Å². The zero-order valence-corrected chi connectivity index (χ0v) is 31.4. The number of amides is 1. The second-order valence-corrected chi connectivity index (χ2v) is 15.5. The van der Waals surface area contributed by atoms with Gasteiger partial charge < -0.3 is 28.6 Å². The third kappa shape index (κ3) is 9.12. The predicted molar refractivity (Wildman–Crippen MR) is 196 cm³/mol. The van der Waals surface area contributed by atoms with E-state index in [9.17, 15) is 32.5 Å². The summed E-state index contributed by atoms with van der Waals surface area (Å²) < 4.78 is 67.3. The SMILES string of the molecule is COC1Cn2cc(C(=O)NCc3ccc(F)cc3F)c(=O)c(OCc3ccccc3)c2C(=O)C1(C)CP(=O)(N[C@H](C)C(=O)OC(C)C)Oc1ccccc1. The fourth-order valence-electron chi connectivity index (χ4n) is 6.15. The number of fused-ring (bicyclic) bond motifs is 1. The van der Waals surface area contributed by atoms with Crippen molar-refractivity contribution in [1.82, 2.24) is 15.0 Å². The number of nitrogens with zero attached hydrogens (tertiary/aromatic N) is 1. The first-order valence-electron chi connectivity index (χ1n) is 17.2. The number of aromatic nitrogens is 1. The second kappa shape index (κ2) is 16.9. The van der Waals surface area contributed by atoms with Crippen LogP contribution in [0.3, 0.4) is 0 Å². The van der Waals surface area contributed by atoms with Crippen molar-refractivity contribution in [2.75, 3.05) is 13.3 Å². The largest absolute Gasteiger partial charge is 0.483 e. The third-order valence-corrected chi connectivity index (χ3v) is 11.2. The number of rotatable bonds is 15. The van der Waals surface area contributed by atoms with Crippen molar-refractivity contribution in [1.29, 1.82) is 0 Å². The number of carbonyl (C=O) groups excluding carboxylic acids is 3. The molecule has 54 heavy (non-hydrogen) atoms. The Hall–Kier alpha value is -5.17. The van der Waals surface area contributed by atoms with Gasteiger partial charge in [0.25, 0.3) is 5.91 Å². The molecular formula is C39H42F2N3O9P. The minimum atomic E-state index is -4.19. The quantitative estimate of drug-likeness (QED) is 0.108. The molecule has 0 radical (unpaired) electrons. The van der Waals surface area contributed by atoms with Crippen LogP contribution in [-0.2, 0) is 38.5 Å². The van der Waals surface area contributed by atoms with Gasteiger partial charge in [-0.05, 0) is 51.5 Å². The van der Waals surface area contributed by atoms with Crippen LogP contribution in [-0.4, -0.2) is 53.7 Å². The lowest BCUT2D eigenvalue weighted by Crippen LogP contribution is -2.53. The molecule has 0 bridgehead atoms. The van der Waals surface area contributed by atoms with Gasteiger partial charge in [0.05, 0.1) is 30.3 Å². The van der Waals surface area contributed by atoms with E-state index in [0.29, 0.717) is 11.6 Å². The van der Waals surface area contributed by atoms with Gasteiger partial charge in [-0.2, -0.15) is 0 Å². The number of carbonyl (C=O) groups is 3. The highest BCUT2D eigenvalue weighted by Gasteiger charge is 2.53. The Morgan fingerprint density at radius 3 is 2.30 bits per heavy atom. The van der Waals surface area contributed by atoms with E-state index in [4.69, 9.17) is 18.7 Å². The van der Waals surface area contributed by atoms with Crippen molar-refractivity contribution >= 4 is 25.2 Å². The number of nitrogens with one attached hydrogen (secondary N) is 2. The number of ether oxygens (including phenoxy) is 3. The van der Waals surface area contributed by atoms with Crippen molar-refractivity contribution < 1.29 is 46.5 Å². The molecule has 0 saturated carbocycles. The van der Waals surface area contributed by atoms with Crippen LogP contribution in [0.25, 0.3) is 0 Å². The van der Waals surface area contributed by atoms with Gasteiger partial charge >= 0.3 is 13.5 Å². The number of esters is 1. The first-order valence-corrected chi connectivity index (χ1v) is 19.0. The molecule has 1 aliphatic rings. The Kier molecular flexibility index (Phi) is 12.5. The molecule has 0 saturated heterocycles. The summed E-state index contributed by atoms with van der Waals surface area (Å²) in [5, 5.41) is 5.27. The topological polar surface area (TPSA) is 151 Å². The summed E-state index contributed by atoms with van der Waals surface area (Å²) in [7, 11) is -2.83. The van der Waals surface area contributed by atoms with E-state index in [-0.39, 0.29) is 36.7 Å². The molecule has 4 aromatic rings. The summed E-state index contributed by atoms with van der Waals surface area (Å²) in [6, 6.07) is 18.8. The molecule has 4 atom stereocenters. The average Bonchev–Trinajstić information content (AvgIpc) is 3.12. The maximum absolute atomic E-state index is 14.9. The summed E-state index contributed by atoms with van der Waals surface area (Å²) >= 11 is 0. The highest BCUT2D eigenvalue weighted by molar-refractivity contribution is 7.57. The van der Waals surface area contributed by atoms with Crippen LogP contribution >= 0.6 is 7.52 Å². The number of halogens is 2. The number of benzene rings is 3. The van der Waals surface area contributed by atoms with E-state index in [1.165, 1.54) is 37.8 Å². The molecule has 286 valence electrons. The van der Waals surface area contributed by atoms with E-state index in [2.05, 4.69) is 10.4 Å². The maximum atomic E-state index is 14.9. The summed E-state index contributed by atoms with van der Waals surface area (Å²) in [5.41, 5.74) is -2.55. The number of hydrogen-bond donors (Lipinski definition) is 2. The zero-order chi connectivity index (χ0) is 39.2. The van der Waals surface area contributed by atoms with E-state index >= 15 is 0 Å². The molecule has 3 unspecified atom stereocenters. The lowest BCUT2D eigenvalue weighted by molar-refractivity contribution is -0.149. The highest BCUT2D eigenvalue weighted by atomic mass is 31.2. The van der Waals surface area contributed by atoms with Crippen molar-refractivity contribution in [3.8, 4) is 11.5 Å². The minimum Gasteiger partial charge on any atom is -0.483 e. The summed E-state index contributed by atoms with van der Waals surface area (Å²) in [4.78, 5) is 55.3. The van der Waals surface area contributed by atoms with Gasteiger partial charge in [-0.15, -0.1) is 0 Å². The first-order chi connectivity index (χ1) is 25.6. The van der Waals surface area contributed by atoms with Crippen LogP contribution in [0.15, 0.2) is 89.9 Å². The number of hydrogen-bond acceptors (Lipinski definition) is 9. The first kappa shape index (κ1) is 40.0. The Morgan fingerprint density at radius 2 is 1.67 bits per heavy atom. The molecule has 2 N–H and O–H groups in total. The molecule has 2 heterocycles. The number of pyridine rings is 1. The molecule has 0 fully saturated rings. The van der Waals surface area contributed by atoms with Crippen molar-refractivity contribution in [3.63, 3.8) is 0 Å². The van der Waals surface area contributed by atoms with Crippen LogP contribution in [0.2, 0.25) is 0 Å². The average molecular weight is 766 g/mol. The van der Waals surface area contributed by atoms with Gasteiger partial charge in [-0.1, -0.05) is 54.6 Å². The Bertz CT molecular complexity index is 2110. The Balaban J connectivity index is 1.56. The summed E-state index contributed by atoms with van der Waals surface area (Å²) in [5.74, 6) is -4.19. The molecule has 1 amide bonds. The van der Waals surface area contributed by atoms with Crippen LogP contribution in [0, 0.1) is 17.0 Å². The van der Waals surface area contributed by atoms with Gasteiger partial charge in [0, 0.05) is 31.5 Å². The zero-order valence-electron chi connectivity index (χ0n) is 30.5. The Labute approximate surface area is 311 Å². The van der Waals surface area contributed by atoms with Crippen LogP contribution in [0.4, 0.5) is 8.78 Å². The van der Waals surface area contributed by atoms with Crippen molar-refractivity contribution in [3.05, 3.63) is 129 Å². The highest BCUT2D eigenvalue weighted by Crippen LogP contribution is 2.52. The van der Waals surface area contributed by atoms with Gasteiger partial charge in [0.1, 0.15) is 41.3 Å². The number of para-hydroxylation sites is 1. The lowest BCUT2D eigenvalue weighted by atomic mass is 9.77. The number of ketones is 1. The molecule has 0 aliphatic carbocycles. The number of Topliss-reactive ketones (excluding diaryl/α,β-unsaturated/α-hetero) is 1. The third-order valence-electron chi connectivity index (χ3n) is 8.88. The molecule has 1 aliphatic heterocycles. The molecule has 0 spiro atoms. The monoisotopic (exact) mass is 765 g/mol. The smallest absolute Gasteiger partial charge is 0.323 e. The van der Waals surface area contributed by atoms with Crippen LogP contribution in [0.5, 0.6) is 11.5 Å². The second-order valence-electron chi connectivity index (χ2n) is 13.4. The number of methoxy groups -OCH3 is 1. The molecule has 3 aromatic carbocycles. The fraction of sp³-hybridized carbons (Fsp3) is 0.333. The van der Waals surface area contributed by atoms with Gasteiger partial charge in [0.15, 0.2) is 11.5 Å². The van der Waals surface area contributed by atoms with E-state index in [0.717, 1.165) is 6.07 Å². The fourth-order valence-corrected chi connectivity index (χ4v) is 8.73. The van der Waals surface area contributed by atoms with E-state index in [1.807, 2.05) is 0 Å². The van der Waals surface area contributed by atoms with Gasteiger partial charge in [-0.25, -0.2) is 13.9 Å². The van der Waals surface area contributed by atoms with Crippen LogP contribution in [0.1, 0.15) is 59.7 Å². The van der Waals surface area contributed by atoms with E-state index < -0.39 is 83.4 Å². The van der Waals surface area contributed by atoms with Crippen LogP contribution < -0.4 is 25.1 Å².